The van der Waals surface area contributed by atoms with E-state index in [1.165, 1.54) is 0 Å². The Morgan fingerprint density at radius 2 is 2.21 bits per heavy atom. The lowest BCUT2D eigenvalue weighted by atomic mass is 10.2. The molecule has 1 saturated heterocycles. The number of nitrogens with zero attached hydrogens (tertiary/aromatic N) is 1. The van der Waals surface area contributed by atoms with Crippen molar-refractivity contribution in [1.82, 2.24) is 9.88 Å². The highest BCUT2D eigenvalue weighted by Gasteiger charge is 2.24. The number of amides is 1. The topological polar surface area (TPSA) is 82.6 Å². The molecular formula is C17H19BrN2O4. The second-order valence-corrected chi connectivity index (χ2v) is 6.86. The van der Waals surface area contributed by atoms with Gasteiger partial charge < -0.3 is 19.7 Å². The van der Waals surface area contributed by atoms with Crippen LogP contribution in [-0.2, 0) is 9.53 Å². The van der Waals surface area contributed by atoms with Gasteiger partial charge >= 0.3 is 5.97 Å². The Kier molecular flexibility index (Phi) is 5.20. The highest BCUT2D eigenvalue weighted by atomic mass is 79.9. The number of rotatable bonds is 6. The van der Waals surface area contributed by atoms with E-state index < -0.39 is 5.97 Å². The van der Waals surface area contributed by atoms with Gasteiger partial charge in [0, 0.05) is 35.1 Å². The molecule has 0 radical (unpaired) electrons. The molecule has 1 amide bonds. The average Bonchev–Trinajstić information content (AvgIpc) is 3.19. The number of aliphatic carboxylic acids is 1. The number of aromatic nitrogens is 1. The fourth-order valence-electron chi connectivity index (χ4n) is 2.93. The molecule has 0 unspecified atom stereocenters. The predicted octanol–water partition coefficient (Wildman–Crippen LogP) is 3.03. The number of aromatic amines is 1. The number of carboxylic acids is 1. The van der Waals surface area contributed by atoms with Gasteiger partial charge in [0.25, 0.3) is 5.91 Å². The van der Waals surface area contributed by atoms with Crippen LogP contribution in [0.5, 0.6) is 0 Å². The molecule has 0 bridgehead atoms. The van der Waals surface area contributed by atoms with Crippen LogP contribution < -0.4 is 0 Å². The van der Waals surface area contributed by atoms with Crippen molar-refractivity contribution in [1.29, 1.82) is 0 Å². The molecule has 2 heterocycles. The van der Waals surface area contributed by atoms with Crippen LogP contribution >= 0.6 is 15.9 Å². The van der Waals surface area contributed by atoms with Crippen LogP contribution in [0.2, 0.25) is 0 Å². The lowest BCUT2D eigenvalue weighted by Gasteiger charge is -2.24. The summed E-state index contributed by atoms with van der Waals surface area (Å²) in [7, 11) is 0. The molecule has 1 aromatic heterocycles. The standard InChI is InChI=1S/C17H19BrN2O4/c18-12-4-3-11-8-15(19-14(11)9-12)17(23)20(6-5-16(21)22)10-13-2-1-7-24-13/h3-4,8-9,13,19H,1-2,5-7,10H2,(H,21,22)/t13-/m0/s1. The van der Waals surface area contributed by atoms with Crippen molar-refractivity contribution in [2.45, 2.75) is 25.4 Å². The van der Waals surface area contributed by atoms with Crippen LogP contribution in [0.1, 0.15) is 29.8 Å². The maximum absolute atomic E-state index is 12.8. The molecule has 24 heavy (non-hydrogen) atoms. The largest absolute Gasteiger partial charge is 0.481 e. The summed E-state index contributed by atoms with van der Waals surface area (Å²) in [4.78, 5) is 28.4. The van der Waals surface area contributed by atoms with E-state index in [4.69, 9.17) is 9.84 Å². The van der Waals surface area contributed by atoms with Crippen molar-refractivity contribution >= 4 is 38.7 Å². The van der Waals surface area contributed by atoms with Crippen molar-refractivity contribution in [3.8, 4) is 0 Å². The molecule has 1 aromatic carbocycles. The van der Waals surface area contributed by atoms with E-state index >= 15 is 0 Å². The number of fused-ring (bicyclic) bond motifs is 1. The monoisotopic (exact) mass is 394 g/mol. The van der Waals surface area contributed by atoms with Crippen molar-refractivity contribution in [2.24, 2.45) is 0 Å². The molecule has 7 heteroatoms. The van der Waals surface area contributed by atoms with E-state index in [-0.39, 0.29) is 25.0 Å². The summed E-state index contributed by atoms with van der Waals surface area (Å²) in [6, 6.07) is 7.55. The molecule has 1 aliphatic heterocycles. The van der Waals surface area contributed by atoms with Gasteiger partial charge in [0.15, 0.2) is 0 Å². The van der Waals surface area contributed by atoms with Crippen molar-refractivity contribution in [3.63, 3.8) is 0 Å². The highest BCUT2D eigenvalue weighted by molar-refractivity contribution is 9.10. The third-order valence-corrected chi connectivity index (χ3v) is 4.64. The minimum atomic E-state index is -0.916. The molecule has 6 nitrogen and oxygen atoms in total. The third-order valence-electron chi connectivity index (χ3n) is 4.15. The number of carbonyl (C=O) groups excluding carboxylic acids is 1. The molecule has 1 aliphatic rings. The maximum atomic E-state index is 12.8. The first kappa shape index (κ1) is 17.0. The fraction of sp³-hybridized carbons (Fsp3) is 0.412. The first-order chi connectivity index (χ1) is 11.5. The van der Waals surface area contributed by atoms with Gasteiger partial charge in [-0.05, 0) is 31.0 Å². The SMILES string of the molecule is O=C(O)CCN(C[C@@H]1CCCO1)C(=O)c1cc2ccc(Br)cc2[nH]1. The molecular weight excluding hydrogens is 376 g/mol. The Morgan fingerprint density at radius 1 is 1.38 bits per heavy atom. The zero-order chi connectivity index (χ0) is 17.1. The normalized spacial score (nSPS) is 17.3. The second-order valence-electron chi connectivity index (χ2n) is 5.94. The Balaban J connectivity index is 1.80. The summed E-state index contributed by atoms with van der Waals surface area (Å²) >= 11 is 3.41. The smallest absolute Gasteiger partial charge is 0.305 e. The number of carboxylic acid groups (broad SMARTS) is 1. The zero-order valence-corrected chi connectivity index (χ0v) is 14.7. The van der Waals surface area contributed by atoms with Crippen LogP contribution in [0.3, 0.4) is 0 Å². The highest BCUT2D eigenvalue weighted by Crippen LogP contribution is 2.22. The van der Waals surface area contributed by atoms with Crippen molar-refractivity contribution in [3.05, 3.63) is 34.4 Å². The Bertz CT molecular complexity index is 752. The average molecular weight is 395 g/mol. The Morgan fingerprint density at radius 3 is 2.92 bits per heavy atom. The molecule has 128 valence electrons. The van der Waals surface area contributed by atoms with Crippen molar-refractivity contribution < 1.29 is 19.4 Å². The summed E-state index contributed by atoms with van der Waals surface area (Å²) < 4.78 is 6.52. The summed E-state index contributed by atoms with van der Waals surface area (Å²) in [5, 5.41) is 9.88. The first-order valence-electron chi connectivity index (χ1n) is 7.94. The molecule has 0 spiro atoms. The quantitative estimate of drug-likeness (QED) is 0.788. The van der Waals surface area contributed by atoms with E-state index in [0.717, 1.165) is 28.2 Å². The maximum Gasteiger partial charge on any atom is 0.305 e. The number of nitrogens with one attached hydrogen (secondary N) is 1. The Hall–Kier alpha value is -1.86. The minimum Gasteiger partial charge on any atom is -0.481 e. The Labute approximate surface area is 147 Å². The van der Waals surface area contributed by atoms with E-state index in [1.807, 2.05) is 18.2 Å². The molecule has 0 aliphatic carbocycles. The number of ether oxygens (including phenoxy) is 1. The summed E-state index contributed by atoms with van der Waals surface area (Å²) in [6.45, 7) is 1.30. The van der Waals surface area contributed by atoms with Crippen LogP contribution in [-0.4, -0.2) is 52.7 Å². The number of hydrogen-bond donors (Lipinski definition) is 2. The molecule has 3 rings (SSSR count). The molecule has 2 aromatic rings. The van der Waals surface area contributed by atoms with Crippen LogP contribution in [0.25, 0.3) is 10.9 Å². The van der Waals surface area contributed by atoms with E-state index in [1.54, 1.807) is 11.0 Å². The van der Waals surface area contributed by atoms with Crippen molar-refractivity contribution in [2.75, 3.05) is 19.7 Å². The van der Waals surface area contributed by atoms with E-state index in [9.17, 15) is 9.59 Å². The number of benzene rings is 1. The van der Waals surface area contributed by atoms with Gasteiger partial charge in [-0.25, -0.2) is 0 Å². The zero-order valence-electron chi connectivity index (χ0n) is 13.1. The van der Waals surface area contributed by atoms with E-state index in [0.29, 0.717) is 18.8 Å². The summed E-state index contributed by atoms with van der Waals surface area (Å²) in [5.74, 6) is -1.11. The second kappa shape index (κ2) is 7.36. The lowest BCUT2D eigenvalue weighted by Crippen LogP contribution is -2.39. The van der Waals surface area contributed by atoms with Gasteiger partial charge in [0.1, 0.15) is 5.69 Å². The van der Waals surface area contributed by atoms with E-state index in [2.05, 4.69) is 20.9 Å². The third kappa shape index (κ3) is 3.96. The van der Waals surface area contributed by atoms with Crippen LogP contribution in [0, 0.1) is 0 Å². The van der Waals surface area contributed by atoms with Gasteiger partial charge in [-0.15, -0.1) is 0 Å². The lowest BCUT2D eigenvalue weighted by molar-refractivity contribution is -0.137. The molecule has 1 atom stereocenters. The number of halogens is 1. The molecule has 2 N–H and O–H groups in total. The van der Waals surface area contributed by atoms with Gasteiger partial charge in [-0.3, -0.25) is 9.59 Å². The van der Waals surface area contributed by atoms with Crippen LogP contribution in [0.4, 0.5) is 0 Å². The predicted molar refractivity (Wildman–Crippen MR) is 93.1 cm³/mol. The van der Waals surface area contributed by atoms with Gasteiger partial charge in [0.2, 0.25) is 0 Å². The fourth-order valence-corrected chi connectivity index (χ4v) is 3.29. The first-order valence-corrected chi connectivity index (χ1v) is 8.73. The van der Waals surface area contributed by atoms with Gasteiger partial charge in [-0.1, -0.05) is 22.0 Å². The summed E-state index contributed by atoms with van der Waals surface area (Å²) in [5.41, 5.74) is 1.33. The molecule has 1 fully saturated rings. The van der Waals surface area contributed by atoms with Gasteiger partial charge in [0.05, 0.1) is 12.5 Å². The minimum absolute atomic E-state index is 0.0127. The number of hydrogen-bond acceptors (Lipinski definition) is 3. The van der Waals surface area contributed by atoms with Crippen LogP contribution in [0.15, 0.2) is 28.7 Å². The number of carbonyl (C=O) groups is 2. The molecule has 0 saturated carbocycles. The van der Waals surface area contributed by atoms with Gasteiger partial charge in [-0.2, -0.15) is 0 Å². The number of H-pyrrole nitrogens is 1. The summed E-state index contributed by atoms with van der Waals surface area (Å²) in [6.07, 6.45) is 1.79.